The largest absolute Gasteiger partial charge is 0.496 e. The molecular formula is C15H15BrClNO. The molecular weight excluding hydrogens is 326 g/mol. The van der Waals surface area contributed by atoms with Gasteiger partial charge in [0.15, 0.2) is 0 Å². The van der Waals surface area contributed by atoms with Crippen LogP contribution < -0.4 is 10.5 Å². The quantitative estimate of drug-likeness (QED) is 0.895. The molecule has 19 heavy (non-hydrogen) atoms. The molecule has 4 heteroatoms. The molecule has 2 aromatic carbocycles. The Hall–Kier alpha value is -1.03. The van der Waals surface area contributed by atoms with Crippen LogP contribution in [0.2, 0.25) is 5.02 Å². The number of hydrogen-bond acceptors (Lipinski definition) is 2. The zero-order valence-corrected chi connectivity index (χ0v) is 13.1. The van der Waals surface area contributed by atoms with Crippen molar-refractivity contribution in [2.24, 2.45) is 5.73 Å². The van der Waals surface area contributed by atoms with Crippen molar-refractivity contribution in [2.45, 2.75) is 13.0 Å². The van der Waals surface area contributed by atoms with Crippen LogP contribution in [-0.2, 0) is 0 Å². The van der Waals surface area contributed by atoms with E-state index in [2.05, 4.69) is 15.9 Å². The third-order valence-electron chi connectivity index (χ3n) is 3.09. The molecule has 0 aliphatic heterocycles. The van der Waals surface area contributed by atoms with Crippen LogP contribution in [0.4, 0.5) is 0 Å². The van der Waals surface area contributed by atoms with Crippen LogP contribution in [0.25, 0.3) is 0 Å². The second-order valence-electron chi connectivity index (χ2n) is 4.35. The smallest absolute Gasteiger partial charge is 0.133 e. The van der Waals surface area contributed by atoms with Gasteiger partial charge in [0.1, 0.15) is 5.75 Å². The maximum Gasteiger partial charge on any atom is 0.133 e. The molecule has 2 rings (SSSR count). The summed E-state index contributed by atoms with van der Waals surface area (Å²) >= 11 is 9.79. The number of ether oxygens (including phenoxy) is 1. The van der Waals surface area contributed by atoms with Crippen LogP contribution in [0, 0.1) is 6.92 Å². The van der Waals surface area contributed by atoms with E-state index in [4.69, 9.17) is 22.1 Å². The van der Waals surface area contributed by atoms with Crippen molar-refractivity contribution in [3.63, 3.8) is 0 Å². The van der Waals surface area contributed by atoms with E-state index < -0.39 is 0 Å². The zero-order valence-electron chi connectivity index (χ0n) is 10.8. The Morgan fingerprint density at radius 2 is 2.00 bits per heavy atom. The predicted molar refractivity (Wildman–Crippen MR) is 82.9 cm³/mol. The van der Waals surface area contributed by atoms with E-state index in [0.717, 1.165) is 31.9 Å². The van der Waals surface area contributed by atoms with E-state index in [9.17, 15) is 0 Å². The van der Waals surface area contributed by atoms with Crippen molar-refractivity contribution in [3.8, 4) is 5.75 Å². The highest BCUT2D eigenvalue weighted by molar-refractivity contribution is 9.10. The van der Waals surface area contributed by atoms with Crippen LogP contribution in [-0.4, -0.2) is 7.11 Å². The van der Waals surface area contributed by atoms with Crippen LogP contribution >= 0.6 is 27.5 Å². The highest BCUT2D eigenvalue weighted by Crippen LogP contribution is 2.32. The van der Waals surface area contributed by atoms with Crippen molar-refractivity contribution >= 4 is 27.5 Å². The van der Waals surface area contributed by atoms with E-state index in [-0.39, 0.29) is 6.04 Å². The number of nitrogens with two attached hydrogens (primary N) is 1. The number of benzene rings is 2. The topological polar surface area (TPSA) is 35.2 Å². The Kier molecular flexibility index (Phi) is 4.50. The van der Waals surface area contributed by atoms with E-state index >= 15 is 0 Å². The fourth-order valence-corrected chi connectivity index (χ4v) is 2.77. The lowest BCUT2D eigenvalue weighted by atomic mass is 9.98. The zero-order chi connectivity index (χ0) is 14.0. The van der Waals surface area contributed by atoms with Gasteiger partial charge >= 0.3 is 0 Å². The van der Waals surface area contributed by atoms with Gasteiger partial charge in [-0.1, -0.05) is 35.9 Å². The molecule has 0 fully saturated rings. The van der Waals surface area contributed by atoms with Gasteiger partial charge in [-0.05, 0) is 51.7 Å². The Bertz CT molecular complexity index is 601. The summed E-state index contributed by atoms with van der Waals surface area (Å²) in [5.41, 5.74) is 9.25. The lowest BCUT2D eigenvalue weighted by Crippen LogP contribution is -2.12. The molecule has 100 valence electrons. The van der Waals surface area contributed by atoms with E-state index in [1.54, 1.807) is 7.11 Å². The molecule has 0 heterocycles. The molecule has 2 aromatic rings. The van der Waals surface area contributed by atoms with Gasteiger partial charge in [-0.3, -0.25) is 0 Å². The molecule has 0 aromatic heterocycles. The van der Waals surface area contributed by atoms with E-state index in [1.807, 2.05) is 43.3 Å². The SMILES string of the molecule is COc1ccc(C(N)c2cccc(C)c2Cl)cc1Br. The molecule has 0 radical (unpaired) electrons. The summed E-state index contributed by atoms with van der Waals surface area (Å²) < 4.78 is 6.10. The minimum atomic E-state index is -0.255. The number of aryl methyl sites for hydroxylation is 1. The first-order chi connectivity index (χ1) is 9.04. The van der Waals surface area contributed by atoms with Gasteiger partial charge < -0.3 is 10.5 Å². The van der Waals surface area contributed by atoms with Crippen molar-refractivity contribution in [1.82, 2.24) is 0 Å². The molecule has 2 N–H and O–H groups in total. The maximum atomic E-state index is 6.32. The number of rotatable bonds is 3. The highest BCUT2D eigenvalue weighted by atomic mass is 79.9. The highest BCUT2D eigenvalue weighted by Gasteiger charge is 2.14. The van der Waals surface area contributed by atoms with Crippen LogP contribution in [0.1, 0.15) is 22.7 Å². The summed E-state index contributed by atoms with van der Waals surface area (Å²) in [6.07, 6.45) is 0. The molecule has 1 atom stereocenters. The molecule has 0 bridgehead atoms. The Morgan fingerprint density at radius 3 is 2.63 bits per heavy atom. The van der Waals surface area contributed by atoms with Gasteiger partial charge in [0.25, 0.3) is 0 Å². The monoisotopic (exact) mass is 339 g/mol. The van der Waals surface area contributed by atoms with Crippen LogP contribution in [0.15, 0.2) is 40.9 Å². The van der Waals surface area contributed by atoms with Gasteiger partial charge in [-0.25, -0.2) is 0 Å². The van der Waals surface area contributed by atoms with E-state index in [0.29, 0.717) is 0 Å². The summed E-state index contributed by atoms with van der Waals surface area (Å²) in [6.45, 7) is 1.97. The average Bonchev–Trinajstić information content (AvgIpc) is 2.41. The number of methoxy groups -OCH3 is 1. The lowest BCUT2D eigenvalue weighted by molar-refractivity contribution is 0.412. The standard InChI is InChI=1S/C15H15BrClNO/c1-9-4-3-5-11(14(9)17)15(18)10-6-7-13(19-2)12(16)8-10/h3-8,15H,18H2,1-2H3. The summed E-state index contributed by atoms with van der Waals surface area (Å²) in [5, 5.41) is 0.724. The fraction of sp³-hybridized carbons (Fsp3) is 0.200. The number of halogens is 2. The first kappa shape index (κ1) is 14.4. The van der Waals surface area contributed by atoms with Crippen molar-refractivity contribution in [2.75, 3.05) is 7.11 Å². The molecule has 0 aliphatic carbocycles. The number of hydrogen-bond donors (Lipinski definition) is 1. The van der Waals surface area contributed by atoms with Gasteiger partial charge in [0.05, 0.1) is 17.6 Å². The second kappa shape index (κ2) is 5.95. The van der Waals surface area contributed by atoms with Gasteiger partial charge in [0.2, 0.25) is 0 Å². The first-order valence-corrected chi connectivity index (χ1v) is 7.05. The molecule has 0 spiro atoms. The van der Waals surface area contributed by atoms with Crippen molar-refractivity contribution < 1.29 is 4.74 Å². The minimum absolute atomic E-state index is 0.255. The Balaban J connectivity index is 2.41. The summed E-state index contributed by atoms with van der Waals surface area (Å²) in [5.74, 6) is 0.784. The molecule has 0 saturated heterocycles. The normalized spacial score (nSPS) is 12.3. The Labute approximate surface area is 126 Å². The van der Waals surface area contributed by atoms with Gasteiger partial charge in [0, 0.05) is 5.02 Å². The van der Waals surface area contributed by atoms with Crippen LogP contribution in [0.5, 0.6) is 5.75 Å². The molecule has 0 saturated carbocycles. The van der Waals surface area contributed by atoms with E-state index in [1.165, 1.54) is 0 Å². The summed E-state index contributed by atoms with van der Waals surface area (Å²) in [6, 6.07) is 11.4. The lowest BCUT2D eigenvalue weighted by Gasteiger charge is -2.16. The fourth-order valence-electron chi connectivity index (χ4n) is 1.97. The molecule has 0 amide bonds. The van der Waals surface area contributed by atoms with Crippen LogP contribution in [0.3, 0.4) is 0 Å². The second-order valence-corrected chi connectivity index (χ2v) is 5.58. The third kappa shape index (κ3) is 2.94. The van der Waals surface area contributed by atoms with Gasteiger partial charge in [-0.15, -0.1) is 0 Å². The third-order valence-corrected chi connectivity index (χ3v) is 4.23. The predicted octanol–water partition coefficient (Wildman–Crippen LogP) is 4.47. The van der Waals surface area contributed by atoms with Crippen molar-refractivity contribution in [3.05, 3.63) is 62.6 Å². The van der Waals surface area contributed by atoms with Gasteiger partial charge in [-0.2, -0.15) is 0 Å². The summed E-state index contributed by atoms with van der Waals surface area (Å²) in [4.78, 5) is 0. The maximum absolute atomic E-state index is 6.32. The Morgan fingerprint density at radius 1 is 1.26 bits per heavy atom. The van der Waals surface area contributed by atoms with Crippen molar-refractivity contribution in [1.29, 1.82) is 0 Å². The molecule has 1 unspecified atom stereocenters. The molecule has 2 nitrogen and oxygen atoms in total. The average molecular weight is 341 g/mol. The molecule has 0 aliphatic rings. The minimum Gasteiger partial charge on any atom is -0.496 e. The summed E-state index contributed by atoms with van der Waals surface area (Å²) in [7, 11) is 1.64. The first-order valence-electron chi connectivity index (χ1n) is 5.88.